The average molecular weight is 320 g/mol. The first-order chi connectivity index (χ1) is 11.7. The lowest BCUT2D eigenvalue weighted by molar-refractivity contribution is -0.384. The van der Waals surface area contributed by atoms with Crippen LogP contribution in [0.4, 0.5) is 28.4 Å². The van der Waals surface area contributed by atoms with E-state index in [4.69, 9.17) is 0 Å². The highest BCUT2D eigenvalue weighted by atomic mass is 16.6. The minimum atomic E-state index is -0.421. The first-order valence-corrected chi connectivity index (χ1v) is 7.39. The summed E-state index contributed by atoms with van der Waals surface area (Å²) < 4.78 is 0. The van der Waals surface area contributed by atoms with Crippen molar-refractivity contribution < 1.29 is 4.92 Å². The number of nitro benzene ring substituents is 1. The highest BCUT2D eigenvalue weighted by Gasteiger charge is 2.03. The van der Waals surface area contributed by atoms with E-state index in [1.807, 2.05) is 54.6 Å². The smallest absolute Gasteiger partial charge is 0.269 e. The lowest BCUT2D eigenvalue weighted by Gasteiger charge is -2.11. The molecule has 0 bridgehead atoms. The van der Waals surface area contributed by atoms with Gasteiger partial charge in [0.25, 0.3) is 5.69 Å². The van der Waals surface area contributed by atoms with Crippen LogP contribution in [0, 0.1) is 10.1 Å². The summed E-state index contributed by atoms with van der Waals surface area (Å²) in [5.41, 5.74) is 9.76. The molecule has 0 aliphatic rings. The van der Waals surface area contributed by atoms with Crippen LogP contribution in [0.15, 0.2) is 78.9 Å². The first kappa shape index (κ1) is 15.4. The molecular weight excluding hydrogens is 304 g/mol. The van der Waals surface area contributed by atoms with E-state index in [1.54, 1.807) is 12.1 Å². The molecule has 0 fully saturated rings. The Hall–Kier alpha value is -3.54. The molecule has 0 amide bonds. The Balaban J connectivity index is 1.57. The van der Waals surface area contributed by atoms with Gasteiger partial charge in [-0.25, -0.2) is 0 Å². The molecule has 24 heavy (non-hydrogen) atoms. The Labute approximate surface area is 139 Å². The lowest BCUT2D eigenvalue weighted by atomic mass is 10.2. The van der Waals surface area contributed by atoms with Gasteiger partial charge in [0.05, 0.1) is 16.3 Å². The number of benzene rings is 3. The summed E-state index contributed by atoms with van der Waals surface area (Å²) in [7, 11) is 0. The van der Waals surface area contributed by atoms with Crippen molar-refractivity contribution in [2.45, 2.75) is 0 Å². The van der Waals surface area contributed by atoms with Crippen molar-refractivity contribution in [3.8, 4) is 0 Å². The minimum absolute atomic E-state index is 0.0666. The molecule has 6 heteroatoms. The monoisotopic (exact) mass is 320 g/mol. The van der Waals surface area contributed by atoms with E-state index >= 15 is 0 Å². The number of hydrazine groups is 1. The normalized spacial score (nSPS) is 10.0. The topological polar surface area (TPSA) is 79.2 Å². The van der Waals surface area contributed by atoms with E-state index in [-0.39, 0.29) is 5.69 Å². The maximum atomic E-state index is 10.6. The van der Waals surface area contributed by atoms with Gasteiger partial charge in [-0.15, -0.1) is 0 Å². The van der Waals surface area contributed by atoms with Gasteiger partial charge in [-0.2, -0.15) is 0 Å². The van der Waals surface area contributed by atoms with Gasteiger partial charge < -0.3 is 16.2 Å². The minimum Gasteiger partial charge on any atom is -0.356 e. The van der Waals surface area contributed by atoms with Crippen LogP contribution in [0.5, 0.6) is 0 Å². The number of nitrogens with one attached hydrogen (secondary N) is 3. The first-order valence-electron chi connectivity index (χ1n) is 7.39. The molecular formula is C18H16N4O2. The Kier molecular flexibility index (Phi) is 4.57. The molecule has 0 spiro atoms. The molecule has 0 radical (unpaired) electrons. The van der Waals surface area contributed by atoms with Crippen molar-refractivity contribution >= 4 is 28.4 Å². The maximum absolute atomic E-state index is 10.6. The van der Waals surface area contributed by atoms with Gasteiger partial charge in [-0.05, 0) is 48.5 Å². The van der Waals surface area contributed by atoms with Crippen LogP contribution < -0.4 is 16.2 Å². The standard InChI is InChI=1S/C18H16N4O2/c23-22(24)18-12-10-17(11-13-18)21-20-16-8-6-15(7-9-16)19-14-4-2-1-3-5-14/h1-13,19-21H. The fourth-order valence-corrected chi connectivity index (χ4v) is 2.14. The van der Waals surface area contributed by atoms with Crippen LogP contribution in [-0.4, -0.2) is 4.92 Å². The van der Waals surface area contributed by atoms with Gasteiger partial charge in [0.15, 0.2) is 0 Å². The number of nitrogens with zero attached hydrogens (tertiary/aromatic N) is 1. The predicted octanol–water partition coefficient (Wildman–Crippen LogP) is 4.78. The largest absolute Gasteiger partial charge is 0.356 e. The van der Waals surface area contributed by atoms with E-state index in [1.165, 1.54) is 12.1 Å². The molecule has 3 aromatic carbocycles. The molecule has 0 saturated carbocycles. The summed E-state index contributed by atoms with van der Waals surface area (Å²) in [6.07, 6.45) is 0. The van der Waals surface area contributed by atoms with Crippen molar-refractivity contribution in [1.29, 1.82) is 0 Å². The molecule has 0 unspecified atom stereocenters. The van der Waals surface area contributed by atoms with Crippen molar-refractivity contribution in [3.05, 3.63) is 89.0 Å². The van der Waals surface area contributed by atoms with E-state index < -0.39 is 4.92 Å². The molecule has 0 aromatic heterocycles. The van der Waals surface area contributed by atoms with Crippen molar-refractivity contribution in [1.82, 2.24) is 0 Å². The second-order valence-electron chi connectivity index (χ2n) is 5.12. The third-order valence-electron chi connectivity index (χ3n) is 3.38. The fraction of sp³-hybridized carbons (Fsp3) is 0. The van der Waals surface area contributed by atoms with Crippen LogP contribution in [0.3, 0.4) is 0 Å². The second-order valence-corrected chi connectivity index (χ2v) is 5.12. The molecule has 120 valence electrons. The Morgan fingerprint density at radius 2 is 1.08 bits per heavy atom. The van der Waals surface area contributed by atoms with Crippen LogP contribution in [0.25, 0.3) is 0 Å². The molecule has 0 aliphatic carbocycles. The van der Waals surface area contributed by atoms with Crippen LogP contribution in [0.1, 0.15) is 0 Å². The summed E-state index contributed by atoms with van der Waals surface area (Å²) in [5.74, 6) is 0. The van der Waals surface area contributed by atoms with Gasteiger partial charge in [0.1, 0.15) is 0 Å². The summed E-state index contributed by atoms with van der Waals surface area (Å²) in [6.45, 7) is 0. The maximum Gasteiger partial charge on any atom is 0.269 e. The molecule has 0 atom stereocenters. The molecule has 6 nitrogen and oxygen atoms in total. The van der Waals surface area contributed by atoms with Gasteiger partial charge >= 0.3 is 0 Å². The highest BCUT2D eigenvalue weighted by molar-refractivity contribution is 5.63. The van der Waals surface area contributed by atoms with E-state index in [9.17, 15) is 10.1 Å². The molecule has 0 saturated heterocycles. The number of anilines is 4. The van der Waals surface area contributed by atoms with Crippen molar-refractivity contribution in [2.75, 3.05) is 16.2 Å². The second kappa shape index (κ2) is 7.15. The molecule has 0 aliphatic heterocycles. The Morgan fingerprint density at radius 1 is 0.625 bits per heavy atom. The third kappa shape index (κ3) is 4.01. The third-order valence-corrected chi connectivity index (χ3v) is 3.38. The molecule has 3 N–H and O–H groups in total. The van der Waals surface area contributed by atoms with Gasteiger partial charge in [0.2, 0.25) is 0 Å². The van der Waals surface area contributed by atoms with Crippen LogP contribution in [-0.2, 0) is 0 Å². The van der Waals surface area contributed by atoms with Crippen molar-refractivity contribution in [2.24, 2.45) is 0 Å². The number of rotatable bonds is 6. The number of hydrogen-bond donors (Lipinski definition) is 3. The number of nitro groups is 1. The van der Waals surface area contributed by atoms with Crippen LogP contribution in [0.2, 0.25) is 0 Å². The molecule has 3 rings (SSSR count). The van der Waals surface area contributed by atoms with E-state index in [0.717, 1.165) is 22.7 Å². The highest BCUT2D eigenvalue weighted by Crippen LogP contribution is 2.19. The summed E-state index contributed by atoms with van der Waals surface area (Å²) in [6, 6.07) is 23.9. The van der Waals surface area contributed by atoms with Crippen LogP contribution >= 0.6 is 0 Å². The number of hydrogen-bond acceptors (Lipinski definition) is 5. The zero-order valence-corrected chi connectivity index (χ0v) is 12.8. The SMILES string of the molecule is O=[N+]([O-])c1ccc(NNc2ccc(Nc3ccccc3)cc2)cc1. The Bertz CT molecular complexity index is 803. The van der Waals surface area contributed by atoms with Gasteiger partial charge in [-0.1, -0.05) is 18.2 Å². The number of non-ortho nitro benzene ring substituents is 1. The zero-order chi connectivity index (χ0) is 16.8. The average Bonchev–Trinajstić information content (AvgIpc) is 2.62. The summed E-state index contributed by atoms with van der Waals surface area (Å²) >= 11 is 0. The van der Waals surface area contributed by atoms with E-state index in [0.29, 0.717) is 0 Å². The van der Waals surface area contributed by atoms with Crippen molar-refractivity contribution in [3.63, 3.8) is 0 Å². The zero-order valence-electron chi connectivity index (χ0n) is 12.8. The number of para-hydroxylation sites is 1. The van der Waals surface area contributed by atoms with Gasteiger partial charge in [-0.3, -0.25) is 10.1 Å². The summed E-state index contributed by atoms with van der Waals surface area (Å²) in [5, 5.41) is 13.9. The molecule has 0 heterocycles. The lowest BCUT2D eigenvalue weighted by Crippen LogP contribution is -2.08. The van der Waals surface area contributed by atoms with E-state index in [2.05, 4.69) is 16.2 Å². The summed E-state index contributed by atoms with van der Waals surface area (Å²) in [4.78, 5) is 10.2. The quantitative estimate of drug-likeness (QED) is 0.450. The fourth-order valence-electron chi connectivity index (χ4n) is 2.14. The molecule has 3 aromatic rings. The predicted molar refractivity (Wildman–Crippen MR) is 96.5 cm³/mol. The Morgan fingerprint density at radius 3 is 1.62 bits per heavy atom. The van der Waals surface area contributed by atoms with Gasteiger partial charge in [0, 0.05) is 23.5 Å².